The van der Waals surface area contributed by atoms with Gasteiger partial charge in [-0.2, -0.15) is 0 Å². The van der Waals surface area contributed by atoms with E-state index in [9.17, 15) is 24.8 Å². The molecule has 0 spiro atoms. The Bertz CT molecular complexity index is 775. The van der Waals surface area contributed by atoms with Crippen LogP contribution in [-0.4, -0.2) is 81.9 Å². The van der Waals surface area contributed by atoms with Gasteiger partial charge in [0, 0.05) is 26.1 Å². The smallest absolute Gasteiger partial charge is 0.407 e. The maximum Gasteiger partial charge on any atom is 0.407 e. The molecule has 0 heterocycles. The first kappa shape index (κ1) is 28.9. The first-order valence-corrected chi connectivity index (χ1v) is 10.8. The van der Waals surface area contributed by atoms with E-state index in [2.05, 4.69) is 10.6 Å². The molecule has 0 aliphatic rings. The number of nitrogens with one attached hydrogen (secondary N) is 2. The van der Waals surface area contributed by atoms with Crippen molar-refractivity contribution in [2.45, 2.75) is 26.4 Å². The minimum atomic E-state index is -0.614. The Morgan fingerprint density at radius 2 is 1.74 bits per heavy atom. The van der Waals surface area contributed by atoms with E-state index in [0.717, 1.165) is 0 Å². The largest absolute Gasteiger partial charge is 0.493 e. The molecule has 13 nitrogen and oxygen atoms in total. The molecular formula is C21H33N3O10. The van der Waals surface area contributed by atoms with E-state index in [1.807, 2.05) is 6.92 Å². The van der Waals surface area contributed by atoms with Crippen molar-refractivity contribution in [2.75, 3.05) is 59.8 Å². The molecule has 0 radical (unpaired) electrons. The van der Waals surface area contributed by atoms with Crippen molar-refractivity contribution >= 4 is 17.7 Å². The van der Waals surface area contributed by atoms with Crippen LogP contribution in [0.3, 0.4) is 0 Å². The summed E-state index contributed by atoms with van der Waals surface area (Å²) in [5.41, 5.74) is -0.173. The molecule has 1 aromatic rings. The lowest BCUT2D eigenvalue weighted by atomic mass is 10.1. The third kappa shape index (κ3) is 11.6. The molecule has 0 unspecified atom stereocenters. The molecule has 13 heteroatoms. The average molecular weight is 488 g/mol. The zero-order chi connectivity index (χ0) is 25.2. The fourth-order valence-electron chi connectivity index (χ4n) is 2.64. The standard InChI is InChI=1S/C21H33N3O10/c1-3-31-9-10-32-11-12-34-21(27)23-7-6-22-20(26)5-4-8-33-19-13-16(15-25)17(24(28)29)14-18(19)30-2/h13-14,25H,3-12,15H2,1-2H3,(H,22,26)(H,23,27). The minimum absolute atomic E-state index is 0.0960. The van der Waals surface area contributed by atoms with Gasteiger partial charge in [-0.1, -0.05) is 0 Å². The lowest BCUT2D eigenvalue weighted by Crippen LogP contribution is -2.35. The lowest BCUT2D eigenvalue weighted by Gasteiger charge is -2.12. The third-order valence-corrected chi connectivity index (χ3v) is 4.29. The molecule has 0 saturated carbocycles. The highest BCUT2D eigenvalue weighted by Gasteiger charge is 2.19. The van der Waals surface area contributed by atoms with Gasteiger partial charge in [-0.25, -0.2) is 4.79 Å². The third-order valence-electron chi connectivity index (χ3n) is 4.29. The summed E-state index contributed by atoms with van der Waals surface area (Å²) in [6, 6.07) is 2.52. The van der Waals surface area contributed by atoms with Gasteiger partial charge in [-0.15, -0.1) is 0 Å². The first-order chi connectivity index (χ1) is 16.4. The highest BCUT2D eigenvalue weighted by atomic mass is 16.6. The van der Waals surface area contributed by atoms with Gasteiger partial charge in [0.2, 0.25) is 5.91 Å². The molecule has 192 valence electrons. The Morgan fingerprint density at radius 1 is 1.03 bits per heavy atom. The summed E-state index contributed by atoms with van der Waals surface area (Å²) in [7, 11) is 1.35. The second kappa shape index (κ2) is 17.3. The van der Waals surface area contributed by atoms with Crippen molar-refractivity contribution in [3.05, 3.63) is 27.8 Å². The highest BCUT2D eigenvalue weighted by Crippen LogP contribution is 2.34. The van der Waals surface area contributed by atoms with Crippen LogP contribution in [0.25, 0.3) is 0 Å². The Labute approximate surface area is 197 Å². The molecular weight excluding hydrogens is 454 g/mol. The van der Waals surface area contributed by atoms with Crippen molar-refractivity contribution < 1.29 is 43.3 Å². The Balaban J connectivity index is 2.18. The van der Waals surface area contributed by atoms with Gasteiger partial charge in [-0.05, 0) is 19.4 Å². The topological polar surface area (TPSA) is 168 Å². The summed E-state index contributed by atoms with van der Waals surface area (Å²) >= 11 is 0. The fraction of sp³-hybridized carbons (Fsp3) is 0.619. The van der Waals surface area contributed by atoms with Crippen LogP contribution in [0.15, 0.2) is 12.1 Å². The fourth-order valence-corrected chi connectivity index (χ4v) is 2.64. The highest BCUT2D eigenvalue weighted by molar-refractivity contribution is 5.75. The number of nitrogens with zero attached hydrogens (tertiary/aromatic N) is 1. The van der Waals surface area contributed by atoms with Crippen LogP contribution in [0, 0.1) is 10.1 Å². The summed E-state index contributed by atoms with van der Waals surface area (Å²) in [5.74, 6) is 0.163. The van der Waals surface area contributed by atoms with E-state index >= 15 is 0 Å². The summed E-state index contributed by atoms with van der Waals surface area (Å²) < 4.78 is 25.9. The molecule has 0 aliphatic heterocycles. The Morgan fingerprint density at radius 3 is 2.41 bits per heavy atom. The van der Waals surface area contributed by atoms with Crippen molar-refractivity contribution in [1.82, 2.24) is 10.6 Å². The number of carbonyl (C=O) groups is 2. The van der Waals surface area contributed by atoms with Crippen molar-refractivity contribution in [3.8, 4) is 11.5 Å². The SMILES string of the molecule is CCOCCOCCOC(=O)NCCNC(=O)CCCOc1cc(CO)c([N+](=O)[O-])cc1OC. The summed E-state index contributed by atoms with van der Waals surface area (Å²) in [6.45, 7) is 3.89. The van der Waals surface area contributed by atoms with E-state index < -0.39 is 17.6 Å². The van der Waals surface area contributed by atoms with Crippen molar-refractivity contribution in [2.24, 2.45) is 0 Å². The van der Waals surface area contributed by atoms with E-state index in [1.165, 1.54) is 19.2 Å². The van der Waals surface area contributed by atoms with Crippen LogP contribution in [0.4, 0.5) is 10.5 Å². The molecule has 3 N–H and O–H groups in total. The van der Waals surface area contributed by atoms with Gasteiger partial charge in [0.25, 0.3) is 5.69 Å². The number of benzene rings is 1. The van der Waals surface area contributed by atoms with Crippen molar-refractivity contribution in [3.63, 3.8) is 0 Å². The van der Waals surface area contributed by atoms with Crippen molar-refractivity contribution in [1.29, 1.82) is 0 Å². The zero-order valence-corrected chi connectivity index (χ0v) is 19.5. The average Bonchev–Trinajstić information content (AvgIpc) is 2.83. The number of carbonyl (C=O) groups excluding carboxylic acids is 2. The lowest BCUT2D eigenvalue weighted by molar-refractivity contribution is -0.385. The van der Waals surface area contributed by atoms with Crippen LogP contribution in [-0.2, 0) is 25.6 Å². The quantitative estimate of drug-likeness (QED) is 0.155. The number of ether oxygens (including phenoxy) is 5. The monoisotopic (exact) mass is 487 g/mol. The molecule has 0 atom stereocenters. The number of aliphatic hydroxyl groups excluding tert-OH is 1. The van der Waals surface area contributed by atoms with Crippen LogP contribution in [0.5, 0.6) is 11.5 Å². The molecule has 0 fully saturated rings. The Hall–Kier alpha value is -3.16. The van der Waals surface area contributed by atoms with E-state index in [-0.39, 0.29) is 68.0 Å². The van der Waals surface area contributed by atoms with Gasteiger partial charge in [-0.3, -0.25) is 14.9 Å². The van der Waals surface area contributed by atoms with Crippen LogP contribution in [0.1, 0.15) is 25.3 Å². The normalized spacial score (nSPS) is 10.4. The second-order valence-corrected chi connectivity index (χ2v) is 6.72. The number of nitro benzene ring substituents is 1. The molecule has 0 aromatic heterocycles. The van der Waals surface area contributed by atoms with Gasteiger partial charge < -0.3 is 39.4 Å². The number of nitro groups is 1. The molecule has 0 bridgehead atoms. The Kier molecular flexibility index (Phi) is 14.7. The number of hydrogen-bond donors (Lipinski definition) is 3. The maximum atomic E-state index is 11.9. The first-order valence-electron chi connectivity index (χ1n) is 10.8. The van der Waals surface area contributed by atoms with E-state index in [4.69, 9.17) is 23.7 Å². The van der Waals surface area contributed by atoms with Gasteiger partial charge in [0.1, 0.15) is 6.61 Å². The predicted octanol–water partition coefficient (Wildman–Crippen LogP) is 1.15. The van der Waals surface area contributed by atoms with E-state index in [0.29, 0.717) is 26.2 Å². The second-order valence-electron chi connectivity index (χ2n) is 6.72. The number of rotatable bonds is 18. The van der Waals surface area contributed by atoms with Gasteiger partial charge in [0.15, 0.2) is 11.5 Å². The molecule has 34 heavy (non-hydrogen) atoms. The van der Waals surface area contributed by atoms with Crippen LogP contribution >= 0.6 is 0 Å². The number of alkyl carbamates (subject to hydrolysis) is 1. The van der Waals surface area contributed by atoms with Gasteiger partial charge in [0.05, 0.1) is 56.7 Å². The summed E-state index contributed by atoms with van der Waals surface area (Å²) in [5, 5.41) is 25.6. The summed E-state index contributed by atoms with van der Waals surface area (Å²) in [4.78, 5) is 33.9. The molecule has 0 saturated heterocycles. The number of aliphatic hydroxyl groups is 1. The molecule has 2 amide bonds. The van der Waals surface area contributed by atoms with Crippen LogP contribution < -0.4 is 20.1 Å². The summed E-state index contributed by atoms with van der Waals surface area (Å²) in [6.07, 6.45) is -0.0550. The zero-order valence-electron chi connectivity index (χ0n) is 19.5. The van der Waals surface area contributed by atoms with Crippen LogP contribution in [0.2, 0.25) is 0 Å². The predicted molar refractivity (Wildman–Crippen MR) is 120 cm³/mol. The number of methoxy groups -OCH3 is 1. The van der Waals surface area contributed by atoms with E-state index in [1.54, 1.807) is 0 Å². The number of amides is 2. The molecule has 1 aromatic carbocycles. The maximum absolute atomic E-state index is 11.9. The number of hydrogen-bond acceptors (Lipinski definition) is 10. The molecule has 0 aliphatic carbocycles. The van der Waals surface area contributed by atoms with Gasteiger partial charge >= 0.3 is 6.09 Å². The minimum Gasteiger partial charge on any atom is -0.493 e. The molecule has 1 rings (SSSR count).